The van der Waals surface area contributed by atoms with Crippen LogP contribution in [0.15, 0.2) is 30.6 Å². The zero-order valence-electron chi connectivity index (χ0n) is 17.4. The standard InChI is InChI=1S/C21H21F3N8O/c22-21(23,24)13-3-1-2-12-8-14(29-15(12)13)16-17-18(25)27-9-28-32(17)19(30-16)10-4-6-11(7-5-10)20(33)31-26/h1-3,8-11,29H,4-7,26H2,(H,31,33)(H2,25,27,28). The molecule has 33 heavy (non-hydrogen) atoms. The van der Waals surface area contributed by atoms with Crippen molar-refractivity contribution >= 4 is 28.1 Å². The van der Waals surface area contributed by atoms with Gasteiger partial charge in [-0.15, -0.1) is 0 Å². The molecule has 0 atom stereocenters. The van der Waals surface area contributed by atoms with Crippen molar-refractivity contribution in [2.24, 2.45) is 11.8 Å². The topological polar surface area (TPSA) is 140 Å². The number of carbonyl (C=O) groups is 1. The van der Waals surface area contributed by atoms with E-state index in [4.69, 9.17) is 16.6 Å². The Hall–Kier alpha value is -3.67. The van der Waals surface area contributed by atoms with Crippen LogP contribution in [0.4, 0.5) is 19.0 Å². The maximum Gasteiger partial charge on any atom is 0.418 e. The lowest BCUT2D eigenvalue weighted by Gasteiger charge is -2.26. The zero-order valence-corrected chi connectivity index (χ0v) is 17.4. The van der Waals surface area contributed by atoms with Crippen molar-refractivity contribution in [2.75, 3.05) is 5.73 Å². The van der Waals surface area contributed by atoms with Crippen LogP contribution in [-0.4, -0.2) is 30.5 Å². The predicted molar refractivity (Wildman–Crippen MR) is 115 cm³/mol. The van der Waals surface area contributed by atoms with Crippen LogP contribution < -0.4 is 17.0 Å². The van der Waals surface area contributed by atoms with Gasteiger partial charge in [0.05, 0.1) is 16.8 Å². The van der Waals surface area contributed by atoms with Gasteiger partial charge in [-0.1, -0.05) is 12.1 Å². The Morgan fingerprint density at radius 3 is 2.67 bits per heavy atom. The molecule has 3 aromatic heterocycles. The van der Waals surface area contributed by atoms with Gasteiger partial charge in [0.15, 0.2) is 5.82 Å². The largest absolute Gasteiger partial charge is 0.418 e. The highest BCUT2D eigenvalue weighted by molar-refractivity contribution is 5.92. The van der Waals surface area contributed by atoms with Crippen molar-refractivity contribution in [1.82, 2.24) is 30.0 Å². The molecule has 1 amide bonds. The number of nitrogens with zero attached hydrogens (tertiary/aromatic N) is 4. The van der Waals surface area contributed by atoms with E-state index >= 15 is 0 Å². The zero-order chi connectivity index (χ0) is 23.3. The minimum absolute atomic E-state index is 0.00233. The summed E-state index contributed by atoms with van der Waals surface area (Å²) >= 11 is 0. The van der Waals surface area contributed by atoms with Gasteiger partial charge in [-0.2, -0.15) is 18.3 Å². The third-order valence-electron chi connectivity index (χ3n) is 6.31. The number of hydrazine groups is 1. The summed E-state index contributed by atoms with van der Waals surface area (Å²) in [6, 6.07) is 5.62. The first-order valence-corrected chi connectivity index (χ1v) is 10.5. The summed E-state index contributed by atoms with van der Waals surface area (Å²) in [5.41, 5.74) is 8.76. The van der Waals surface area contributed by atoms with E-state index in [0.29, 0.717) is 53.8 Å². The number of fused-ring (bicyclic) bond motifs is 2. The second-order valence-electron chi connectivity index (χ2n) is 8.23. The van der Waals surface area contributed by atoms with Crippen molar-refractivity contribution in [3.8, 4) is 11.4 Å². The summed E-state index contributed by atoms with van der Waals surface area (Å²) in [6.45, 7) is 0. The van der Waals surface area contributed by atoms with E-state index in [1.165, 1.54) is 12.4 Å². The Labute approximate surface area is 185 Å². The average molecular weight is 458 g/mol. The smallest absolute Gasteiger partial charge is 0.382 e. The van der Waals surface area contributed by atoms with Crippen molar-refractivity contribution in [2.45, 2.75) is 37.8 Å². The van der Waals surface area contributed by atoms with Gasteiger partial charge in [0.25, 0.3) is 0 Å². The third-order valence-corrected chi connectivity index (χ3v) is 6.31. The third kappa shape index (κ3) is 3.55. The van der Waals surface area contributed by atoms with E-state index in [-0.39, 0.29) is 29.1 Å². The number of imidazole rings is 1. The second kappa shape index (κ2) is 7.73. The first-order chi connectivity index (χ1) is 15.8. The number of aromatic amines is 1. The maximum atomic E-state index is 13.5. The molecule has 12 heteroatoms. The molecule has 0 spiro atoms. The Kier molecular flexibility index (Phi) is 4.96. The summed E-state index contributed by atoms with van der Waals surface area (Å²) in [7, 11) is 0. The molecular weight excluding hydrogens is 437 g/mol. The predicted octanol–water partition coefficient (Wildman–Crippen LogP) is 3.14. The molecule has 1 aliphatic rings. The Balaban J connectivity index is 1.60. The fraction of sp³-hybridized carbons (Fsp3) is 0.333. The highest BCUT2D eigenvalue weighted by atomic mass is 19.4. The molecule has 1 fully saturated rings. The molecule has 9 nitrogen and oxygen atoms in total. The minimum atomic E-state index is -4.50. The van der Waals surface area contributed by atoms with Crippen LogP contribution in [0, 0.1) is 5.92 Å². The number of nitrogen functional groups attached to an aromatic ring is 1. The maximum absolute atomic E-state index is 13.5. The van der Waals surface area contributed by atoms with Crippen molar-refractivity contribution < 1.29 is 18.0 Å². The van der Waals surface area contributed by atoms with E-state index in [0.717, 1.165) is 6.07 Å². The number of alkyl halides is 3. The van der Waals surface area contributed by atoms with Crippen LogP contribution >= 0.6 is 0 Å². The van der Waals surface area contributed by atoms with Crippen LogP contribution in [-0.2, 0) is 11.0 Å². The van der Waals surface area contributed by atoms with Gasteiger partial charge in [-0.3, -0.25) is 10.2 Å². The molecule has 3 heterocycles. The van der Waals surface area contributed by atoms with Gasteiger partial charge in [-0.05, 0) is 37.8 Å². The molecule has 1 saturated carbocycles. The Bertz CT molecular complexity index is 1350. The van der Waals surface area contributed by atoms with Crippen LogP contribution in [0.25, 0.3) is 27.8 Å². The fourth-order valence-electron chi connectivity index (χ4n) is 4.68. The lowest BCUT2D eigenvalue weighted by atomic mass is 9.81. The van der Waals surface area contributed by atoms with Gasteiger partial charge in [0.1, 0.15) is 23.4 Å². The molecule has 0 unspecified atom stereocenters. The molecular formula is C21H21F3N8O. The molecule has 172 valence electrons. The number of halogens is 3. The number of hydrogen-bond acceptors (Lipinski definition) is 6. The number of aromatic nitrogens is 5. The lowest BCUT2D eigenvalue weighted by Crippen LogP contribution is -2.37. The molecule has 5 rings (SSSR count). The first kappa shape index (κ1) is 21.2. The van der Waals surface area contributed by atoms with Crippen molar-refractivity contribution in [3.63, 3.8) is 0 Å². The fourth-order valence-corrected chi connectivity index (χ4v) is 4.68. The summed E-state index contributed by atoms with van der Waals surface area (Å²) in [5.74, 6) is 5.71. The summed E-state index contributed by atoms with van der Waals surface area (Å²) in [5, 5.41) is 4.72. The van der Waals surface area contributed by atoms with E-state index in [1.54, 1.807) is 16.6 Å². The summed E-state index contributed by atoms with van der Waals surface area (Å²) < 4.78 is 42.1. The number of hydrogen-bond donors (Lipinski definition) is 4. The molecule has 0 saturated heterocycles. The SMILES string of the molecule is NNC(=O)C1CCC(c2nc(-c3cc4cccc(C(F)(F)F)c4[nH]3)c3c(N)ncnn23)CC1. The van der Waals surface area contributed by atoms with Gasteiger partial charge >= 0.3 is 6.18 Å². The number of carbonyl (C=O) groups excluding carboxylic acids is 1. The second-order valence-corrected chi connectivity index (χ2v) is 8.23. The highest BCUT2D eigenvalue weighted by Gasteiger charge is 2.34. The quantitative estimate of drug-likeness (QED) is 0.211. The first-order valence-electron chi connectivity index (χ1n) is 10.5. The number of anilines is 1. The van der Waals surface area contributed by atoms with Gasteiger partial charge in [0, 0.05) is 17.2 Å². The van der Waals surface area contributed by atoms with E-state index < -0.39 is 11.7 Å². The van der Waals surface area contributed by atoms with E-state index in [9.17, 15) is 18.0 Å². The monoisotopic (exact) mass is 458 g/mol. The molecule has 1 aliphatic carbocycles. The summed E-state index contributed by atoms with van der Waals surface area (Å²) in [6.07, 6.45) is -0.534. The molecule has 0 aliphatic heterocycles. The molecule has 1 aromatic carbocycles. The molecule has 4 aromatic rings. The summed E-state index contributed by atoms with van der Waals surface area (Å²) in [4.78, 5) is 23.6. The van der Waals surface area contributed by atoms with Gasteiger partial charge in [-0.25, -0.2) is 20.3 Å². The van der Waals surface area contributed by atoms with E-state index in [2.05, 4.69) is 20.5 Å². The molecule has 0 radical (unpaired) electrons. The number of nitrogens with one attached hydrogen (secondary N) is 2. The van der Waals surface area contributed by atoms with E-state index in [1.807, 2.05) is 0 Å². The van der Waals surface area contributed by atoms with Crippen LogP contribution in [0.1, 0.15) is 43.0 Å². The Morgan fingerprint density at radius 2 is 1.97 bits per heavy atom. The Morgan fingerprint density at radius 1 is 1.21 bits per heavy atom. The van der Waals surface area contributed by atoms with Crippen molar-refractivity contribution in [3.05, 3.63) is 42.0 Å². The normalized spacial score (nSPS) is 19.3. The van der Waals surface area contributed by atoms with Gasteiger partial charge < -0.3 is 10.7 Å². The molecule has 0 bridgehead atoms. The number of amides is 1. The number of rotatable bonds is 3. The highest BCUT2D eigenvalue weighted by Crippen LogP contribution is 2.40. The minimum Gasteiger partial charge on any atom is -0.382 e. The van der Waals surface area contributed by atoms with Crippen molar-refractivity contribution in [1.29, 1.82) is 0 Å². The van der Waals surface area contributed by atoms with Crippen LogP contribution in [0.3, 0.4) is 0 Å². The lowest BCUT2D eigenvalue weighted by molar-refractivity contribution is -0.136. The number of benzene rings is 1. The van der Waals surface area contributed by atoms with Crippen LogP contribution in [0.5, 0.6) is 0 Å². The van der Waals surface area contributed by atoms with Crippen LogP contribution in [0.2, 0.25) is 0 Å². The number of H-pyrrole nitrogens is 1. The molecule has 6 N–H and O–H groups in total. The average Bonchev–Trinajstić information content (AvgIpc) is 3.40. The van der Waals surface area contributed by atoms with Gasteiger partial charge in [0.2, 0.25) is 5.91 Å². The number of nitrogens with two attached hydrogens (primary N) is 2. The number of para-hydroxylation sites is 1.